The number of nitrogens with one attached hydrogen (secondary N) is 1. The number of aromatic amines is 1. The minimum absolute atomic E-state index is 0. The van der Waals surface area contributed by atoms with Gasteiger partial charge in [0.25, 0.3) is 21.2 Å². The number of nitrogen functional groups attached to an aromatic ring is 1. The van der Waals surface area contributed by atoms with E-state index in [2.05, 4.69) is 28.3 Å². The predicted octanol–water partition coefficient (Wildman–Crippen LogP) is -11.9. The Labute approximate surface area is 273 Å². The largest absolute Gasteiger partial charge is 1.00 e. The Morgan fingerprint density at radius 3 is 2.27 bits per heavy atom. The molecule has 21 nitrogen and oxygen atoms in total. The quantitative estimate of drug-likeness (QED) is 0.0923. The Balaban J connectivity index is 0.00000294. The maximum Gasteiger partial charge on any atom is 1.00 e. The Hall–Kier alpha value is 0.0900. The molecule has 9 N–H and O–H groups in total. The summed E-state index contributed by atoms with van der Waals surface area (Å²) in [5, 5.41) is 59.1. The van der Waals surface area contributed by atoms with Crippen LogP contribution in [0.25, 0.3) is 11.2 Å². The third-order valence-corrected chi connectivity index (χ3v) is 8.27. The van der Waals surface area contributed by atoms with Gasteiger partial charge in [-0.1, -0.05) is 0 Å². The second-order valence-electron chi connectivity index (χ2n) is 8.40. The van der Waals surface area contributed by atoms with Crippen LogP contribution in [0.1, 0.15) is 6.23 Å². The van der Waals surface area contributed by atoms with E-state index in [1.165, 1.54) is 0 Å². The number of nitrogens with two attached hydrogens (primary N) is 1. The first-order chi connectivity index (χ1) is 18.1. The van der Waals surface area contributed by atoms with Crippen molar-refractivity contribution in [2.45, 2.75) is 55.2 Å². The van der Waals surface area contributed by atoms with Gasteiger partial charge in [0.2, 0.25) is 5.95 Å². The summed E-state index contributed by atoms with van der Waals surface area (Å²) in [4.78, 5) is 46.1. The summed E-state index contributed by atoms with van der Waals surface area (Å²) in [7, 11) is -11.7. The van der Waals surface area contributed by atoms with E-state index in [-0.39, 0.29) is 76.2 Å². The number of imidazole rings is 1. The van der Waals surface area contributed by atoms with Gasteiger partial charge in [0, 0.05) is 0 Å². The molecule has 0 amide bonds. The first kappa shape index (κ1) is 37.3. The summed E-state index contributed by atoms with van der Waals surface area (Å²) >= 11 is 0. The van der Waals surface area contributed by atoms with Crippen LogP contribution in [-0.2, 0) is 32.0 Å². The molecule has 25 heteroatoms. The number of aromatic nitrogens is 4. The topological polar surface area (TPSA) is 337 Å². The SMILES string of the molecule is Nc1nc2c(ncn2[C@@H]2O[C@H](COP(=O)([O-])OP(=O)([O-])OC3O[C@H](CO)[C@@H](O)[C@H](O)[C@@H]3O)[C@@H](O)[C@H]2O)c(=O)[nH]1.[Na+].[Na+]. The number of nitrogens with zero attached hydrogens (tertiary/aromatic N) is 3. The zero-order valence-corrected chi connectivity index (χ0v) is 27.1. The molecular formula is C16H23N5Na2O16P2. The van der Waals surface area contributed by atoms with Crippen LogP contribution in [-0.4, -0.2) is 112 Å². The molecule has 2 aliphatic rings. The standard InChI is InChI=1S/C16H25N5O16P2.2Na/c17-16-19-12-6(13(28)20-16)18-3-21(12)14-10(26)8(24)5(34-14)2-33-38(29,30)37-39(31,32)36-15-11(27)9(25)7(23)4(1-22)35-15;;/h3-5,7-11,14-15,22-27H,1-2H2,(H,29,30)(H,31,32)(H3,17,19,20,28);;/q;2*+1/p-2/t4-,5-,7-,8-,9+,10-,11+,14-,15?;;/m1../s1. The summed E-state index contributed by atoms with van der Waals surface area (Å²) in [5.41, 5.74) is 4.48. The molecule has 2 aromatic heterocycles. The number of rotatable bonds is 9. The molecule has 4 heterocycles. The monoisotopic (exact) mass is 649 g/mol. The van der Waals surface area contributed by atoms with E-state index in [9.17, 15) is 49.2 Å². The van der Waals surface area contributed by atoms with E-state index in [4.69, 9.17) is 20.3 Å². The first-order valence-corrected chi connectivity index (χ1v) is 13.8. The molecule has 0 radical (unpaired) electrons. The zero-order valence-electron chi connectivity index (χ0n) is 21.3. The molecule has 0 bridgehead atoms. The molecule has 0 aliphatic carbocycles. The molecule has 2 fully saturated rings. The number of aliphatic hydroxyl groups excluding tert-OH is 6. The van der Waals surface area contributed by atoms with E-state index < -0.39 is 89.7 Å². The number of hydrogen-bond donors (Lipinski definition) is 8. The second-order valence-corrected chi connectivity index (χ2v) is 11.3. The van der Waals surface area contributed by atoms with E-state index in [0.717, 1.165) is 10.9 Å². The van der Waals surface area contributed by atoms with Gasteiger partial charge in [-0.25, -0.2) is 9.29 Å². The van der Waals surface area contributed by atoms with Crippen molar-refractivity contribution in [1.29, 1.82) is 0 Å². The third-order valence-electron chi connectivity index (χ3n) is 5.74. The van der Waals surface area contributed by atoms with Crippen molar-refractivity contribution in [1.82, 2.24) is 19.5 Å². The minimum atomic E-state index is -5.91. The molecule has 41 heavy (non-hydrogen) atoms. The fourth-order valence-electron chi connectivity index (χ4n) is 3.84. The molecule has 2 saturated heterocycles. The van der Waals surface area contributed by atoms with E-state index in [0.29, 0.717) is 0 Å². The van der Waals surface area contributed by atoms with Crippen molar-refractivity contribution >= 4 is 32.8 Å². The van der Waals surface area contributed by atoms with Gasteiger partial charge in [0.1, 0.15) is 42.7 Å². The fraction of sp³-hybridized carbons (Fsp3) is 0.688. The maximum absolute atomic E-state index is 12.1. The number of H-pyrrole nitrogens is 1. The van der Waals surface area contributed by atoms with Crippen LogP contribution in [0, 0.1) is 0 Å². The van der Waals surface area contributed by atoms with Gasteiger partial charge in [-0.05, 0) is 0 Å². The summed E-state index contributed by atoms with van der Waals surface area (Å²) in [6, 6.07) is 0. The van der Waals surface area contributed by atoms with Gasteiger partial charge in [0.15, 0.2) is 23.7 Å². The maximum atomic E-state index is 12.1. The number of anilines is 1. The Morgan fingerprint density at radius 1 is 1.00 bits per heavy atom. The summed E-state index contributed by atoms with van der Waals surface area (Å²) in [5.74, 6) is -0.292. The third kappa shape index (κ3) is 8.23. The van der Waals surface area contributed by atoms with E-state index in [1.54, 1.807) is 0 Å². The molecule has 3 unspecified atom stereocenters. The van der Waals surface area contributed by atoms with Crippen molar-refractivity contribution in [2.24, 2.45) is 0 Å². The van der Waals surface area contributed by atoms with Gasteiger partial charge < -0.3 is 60.2 Å². The molecule has 11 atom stereocenters. The van der Waals surface area contributed by atoms with Crippen LogP contribution < -0.4 is 80.2 Å². The van der Waals surface area contributed by atoms with Crippen LogP contribution in [0.4, 0.5) is 5.95 Å². The molecule has 0 saturated carbocycles. The van der Waals surface area contributed by atoms with E-state index >= 15 is 0 Å². The van der Waals surface area contributed by atoms with E-state index in [1.807, 2.05) is 0 Å². The van der Waals surface area contributed by atoms with Crippen molar-refractivity contribution in [3.8, 4) is 0 Å². The molecule has 4 rings (SSSR count). The van der Waals surface area contributed by atoms with Crippen LogP contribution in [0.2, 0.25) is 0 Å². The van der Waals surface area contributed by atoms with Crippen LogP contribution >= 0.6 is 15.6 Å². The second kappa shape index (κ2) is 14.5. The number of fused-ring (bicyclic) bond motifs is 1. The van der Waals surface area contributed by atoms with Gasteiger partial charge >= 0.3 is 59.1 Å². The van der Waals surface area contributed by atoms with Crippen molar-refractivity contribution in [2.75, 3.05) is 18.9 Å². The number of ether oxygens (including phenoxy) is 2. The number of hydrogen-bond acceptors (Lipinski definition) is 19. The van der Waals surface area contributed by atoms with Crippen molar-refractivity contribution in [3.05, 3.63) is 16.7 Å². The van der Waals surface area contributed by atoms with Gasteiger partial charge in [-0.15, -0.1) is 0 Å². The molecule has 2 aromatic rings. The smallest absolute Gasteiger partial charge is 0.756 e. The number of aliphatic hydroxyl groups is 6. The van der Waals surface area contributed by atoms with Crippen molar-refractivity contribution < 1.29 is 132 Å². The fourth-order valence-corrected chi connectivity index (χ4v) is 5.92. The Kier molecular flexibility index (Phi) is 13.1. The van der Waals surface area contributed by atoms with Gasteiger partial charge in [-0.3, -0.25) is 28.0 Å². The molecule has 2 aliphatic heterocycles. The average Bonchev–Trinajstić information content (AvgIpc) is 3.38. The Bertz CT molecular complexity index is 1350. The molecule has 0 spiro atoms. The predicted molar refractivity (Wildman–Crippen MR) is 116 cm³/mol. The van der Waals surface area contributed by atoms with Crippen molar-refractivity contribution in [3.63, 3.8) is 0 Å². The first-order valence-electron chi connectivity index (χ1n) is 10.8. The summed E-state index contributed by atoms with van der Waals surface area (Å²) < 4.78 is 48.1. The molecular weight excluding hydrogens is 626 g/mol. The van der Waals surface area contributed by atoms with Gasteiger partial charge in [-0.2, -0.15) is 4.98 Å². The zero-order chi connectivity index (χ0) is 28.9. The molecule has 220 valence electrons. The summed E-state index contributed by atoms with van der Waals surface area (Å²) in [6.45, 7) is -2.01. The molecule has 0 aromatic carbocycles. The Morgan fingerprint density at radius 2 is 1.63 bits per heavy atom. The average molecular weight is 649 g/mol. The van der Waals surface area contributed by atoms with Crippen LogP contribution in [0.15, 0.2) is 11.1 Å². The van der Waals surface area contributed by atoms with Crippen LogP contribution in [0.5, 0.6) is 0 Å². The van der Waals surface area contributed by atoms with Gasteiger partial charge in [0.05, 0.1) is 19.5 Å². The summed E-state index contributed by atoms with van der Waals surface area (Å²) in [6.07, 6.45) is -15.5. The number of phosphoric acid groups is 2. The van der Waals surface area contributed by atoms with Crippen LogP contribution in [0.3, 0.4) is 0 Å². The normalized spacial score (nSPS) is 34.8. The number of phosphoric ester groups is 2. The minimum Gasteiger partial charge on any atom is -0.756 e.